The summed E-state index contributed by atoms with van der Waals surface area (Å²) in [6, 6.07) is 11.1. The zero-order valence-corrected chi connectivity index (χ0v) is 18.1. The number of carbonyl (C=O) groups excluding carboxylic acids is 1. The van der Waals surface area contributed by atoms with E-state index in [1.54, 1.807) is 36.4 Å². The van der Waals surface area contributed by atoms with Crippen molar-refractivity contribution in [2.75, 3.05) is 26.2 Å². The number of amides is 1. The van der Waals surface area contributed by atoms with Crippen LogP contribution in [0.3, 0.4) is 0 Å². The molecule has 4 rings (SSSR count). The highest BCUT2D eigenvalue weighted by Crippen LogP contribution is 2.24. The van der Waals surface area contributed by atoms with E-state index in [1.165, 1.54) is 32.1 Å². The lowest BCUT2D eigenvalue weighted by molar-refractivity contribution is 0.0496. The van der Waals surface area contributed by atoms with E-state index in [4.69, 9.17) is 16.0 Å². The first kappa shape index (κ1) is 20.6. The lowest BCUT2D eigenvalue weighted by atomic mass is 9.94. The highest BCUT2D eigenvalue weighted by molar-refractivity contribution is 7.84. The van der Waals surface area contributed by atoms with Crippen LogP contribution >= 0.6 is 11.6 Å². The second kappa shape index (κ2) is 9.45. The maximum absolute atomic E-state index is 12.8. The molecule has 0 N–H and O–H groups in total. The lowest BCUT2D eigenvalue weighted by Gasteiger charge is -2.40. The van der Waals surface area contributed by atoms with Gasteiger partial charge in [0.25, 0.3) is 5.91 Å². The van der Waals surface area contributed by atoms with Gasteiger partial charge < -0.3 is 9.32 Å². The summed E-state index contributed by atoms with van der Waals surface area (Å²) in [7, 11) is -1.24. The first-order valence-electron chi connectivity index (χ1n) is 10.4. The molecule has 1 saturated heterocycles. The zero-order valence-electron chi connectivity index (χ0n) is 16.5. The van der Waals surface area contributed by atoms with Crippen LogP contribution in [0.2, 0.25) is 5.02 Å². The molecule has 156 valence electrons. The Bertz CT molecular complexity index is 853. The number of nitrogens with zero attached hydrogens (tertiary/aromatic N) is 2. The van der Waals surface area contributed by atoms with Crippen LogP contribution in [-0.2, 0) is 16.6 Å². The van der Waals surface area contributed by atoms with E-state index >= 15 is 0 Å². The van der Waals surface area contributed by atoms with Crippen LogP contribution < -0.4 is 0 Å². The van der Waals surface area contributed by atoms with Crippen molar-refractivity contribution in [3.63, 3.8) is 0 Å². The van der Waals surface area contributed by atoms with Gasteiger partial charge in [-0.1, -0.05) is 30.9 Å². The number of hydrogen-bond acceptors (Lipinski definition) is 4. The molecule has 0 radical (unpaired) electrons. The van der Waals surface area contributed by atoms with Crippen LogP contribution in [0.25, 0.3) is 0 Å². The summed E-state index contributed by atoms with van der Waals surface area (Å²) < 4.78 is 18.2. The summed E-state index contributed by atoms with van der Waals surface area (Å²) in [4.78, 5) is 17.9. The molecule has 2 heterocycles. The van der Waals surface area contributed by atoms with E-state index in [1.807, 2.05) is 4.90 Å². The van der Waals surface area contributed by atoms with Crippen molar-refractivity contribution in [1.29, 1.82) is 0 Å². The lowest BCUT2D eigenvalue weighted by Crippen LogP contribution is -2.52. The van der Waals surface area contributed by atoms with Crippen molar-refractivity contribution in [2.45, 2.75) is 48.8 Å². The molecule has 0 spiro atoms. The quantitative estimate of drug-likeness (QED) is 0.702. The third-order valence-electron chi connectivity index (χ3n) is 5.91. The summed E-state index contributed by atoms with van der Waals surface area (Å²) in [5, 5.41) is 0.611. The molecule has 1 aromatic heterocycles. The Labute approximate surface area is 179 Å². The molecule has 29 heavy (non-hydrogen) atoms. The van der Waals surface area contributed by atoms with Crippen molar-refractivity contribution in [3.8, 4) is 0 Å². The Kier molecular flexibility index (Phi) is 6.73. The monoisotopic (exact) mass is 434 g/mol. The minimum Gasteiger partial charge on any atom is -0.455 e. The molecule has 2 aromatic rings. The molecular weight excluding hydrogens is 408 g/mol. The van der Waals surface area contributed by atoms with Gasteiger partial charge in [0.05, 0.1) is 16.6 Å². The first-order chi connectivity index (χ1) is 14.1. The van der Waals surface area contributed by atoms with E-state index < -0.39 is 10.8 Å². The van der Waals surface area contributed by atoms with Crippen molar-refractivity contribution >= 4 is 28.3 Å². The van der Waals surface area contributed by atoms with Crippen LogP contribution in [0.4, 0.5) is 0 Å². The molecule has 1 atom stereocenters. The Balaban J connectivity index is 1.31. The minimum absolute atomic E-state index is 0.0724. The summed E-state index contributed by atoms with van der Waals surface area (Å²) in [6.07, 6.45) is 6.60. The van der Waals surface area contributed by atoms with E-state index in [9.17, 15) is 9.00 Å². The third kappa shape index (κ3) is 5.11. The topological polar surface area (TPSA) is 53.8 Å². The number of piperazine rings is 1. The average Bonchev–Trinajstić information content (AvgIpc) is 3.23. The fourth-order valence-corrected chi connectivity index (χ4v) is 5.41. The van der Waals surface area contributed by atoms with E-state index in [0.29, 0.717) is 27.5 Å². The van der Waals surface area contributed by atoms with E-state index in [2.05, 4.69) is 4.90 Å². The van der Waals surface area contributed by atoms with Crippen molar-refractivity contribution < 1.29 is 13.4 Å². The second-order valence-electron chi connectivity index (χ2n) is 7.83. The van der Waals surface area contributed by atoms with Gasteiger partial charge in [-0.2, -0.15) is 0 Å². The molecule has 1 aromatic carbocycles. The van der Waals surface area contributed by atoms with Gasteiger partial charge in [0, 0.05) is 42.1 Å². The van der Waals surface area contributed by atoms with Crippen molar-refractivity contribution in [2.24, 2.45) is 0 Å². The summed E-state index contributed by atoms with van der Waals surface area (Å²) in [5.41, 5.74) is 0. The number of furan rings is 1. The first-order valence-corrected chi connectivity index (χ1v) is 12.1. The molecule has 1 aliphatic heterocycles. The molecular formula is C22H27ClN2O3S. The molecule has 1 aliphatic carbocycles. The molecule has 2 fully saturated rings. The van der Waals surface area contributed by atoms with Gasteiger partial charge in [0.2, 0.25) is 0 Å². The van der Waals surface area contributed by atoms with Crippen LogP contribution in [0.15, 0.2) is 45.7 Å². The van der Waals surface area contributed by atoms with Gasteiger partial charge in [-0.3, -0.25) is 13.9 Å². The predicted molar refractivity (Wildman–Crippen MR) is 115 cm³/mol. The van der Waals surface area contributed by atoms with Gasteiger partial charge in [-0.25, -0.2) is 0 Å². The number of hydrogen-bond donors (Lipinski definition) is 0. The molecule has 1 amide bonds. The maximum Gasteiger partial charge on any atom is 0.289 e. The SMILES string of the molecule is O=C(c1ccc(CS(=O)c2ccc(Cl)cc2)o1)N1CCN(C2CCCCC2)CC1. The van der Waals surface area contributed by atoms with Gasteiger partial charge in [-0.05, 0) is 49.2 Å². The molecule has 1 saturated carbocycles. The average molecular weight is 435 g/mol. The zero-order chi connectivity index (χ0) is 20.2. The smallest absolute Gasteiger partial charge is 0.289 e. The Morgan fingerprint density at radius 1 is 1.00 bits per heavy atom. The minimum atomic E-state index is -1.24. The third-order valence-corrected chi connectivity index (χ3v) is 7.51. The summed E-state index contributed by atoms with van der Waals surface area (Å²) in [5.74, 6) is 1.06. The van der Waals surface area contributed by atoms with Gasteiger partial charge in [0.1, 0.15) is 5.76 Å². The number of benzene rings is 1. The summed E-state index contributed by atoms with van der Waals surface area (Å²) >= 11 is 5.88. The maximum atomic E-state index is 12.8. The predicted octanol–water partition coefficient (Wildman–Crippen LogP) is 4.33. The molecule has 5 nitrogen and oxygen atoms in total. The van der Waals surface area contributed by atoms with Crippen LogP contribution in [-0.4, -0.2) is 52.1 Å². The Hall–Kier alpha value is -1.63. The van der Waals surface area contributed by atoms with Crippen LogP contribution in [0, 0.1) is 0 Å². The standard InChI is InChI=1S/C22H27ClN2O3S/c23-17-6-9-20(10-7-17)29(27)16-19-8-11-21(28-19)22(26)25-14-12-24(13-15-25)18-4-2-1-3-5-18/h6-11,18H,1-5,12-16H2. The largest absolute Gasteiger partial charge is 0.455 e. The van der Waals surface area contributed by atoms with Gasteiger partial charge >= 0.3 is 0 Å². The highest BCUT2D eigenvalue weighted by atomic mass is 35.5. The van der Waals surface area contributed by atoms with Crippen LogP contribution in [0.5, 0.6) is 0 Å². The van der Waals surface area contributed by atoms with E-state index in [0.717, 1.165) is 26.2 Å². The van der Waals surface area contributed by atoms with Gasteiger partial charge in [-0.15, -0.1) is 0 Å². The molecule has 0 bridgehead atoms. The normalized spacial score (nSPS) is 20.0. The van der Waals surface area contributed by atoms with Crippen LogP contribution in [0.1, 0.15) is 48.4 Å². The molecule has 7 heteroatoms. The number of carbonyl (C=O) groups is 1. The van der Waals surface area contributed by atoms with E-state index in [-0.39, 0.29) is 11.7 Å². The molecule has 1 unspecified atom stereocenters. The van der Waals surface area contributed by atoms with Gasteiger partial charge in [0.15, 0.2) is 5.76 Å². The Morgan fingerprint density at radius 3 is 2.38 bits per heavy atom. The fourth-order valence-electron chi connectivity index (χ4n) is 4.26. The highest BCUT2D eigenvalue weighted by Gasteiger charge is 2.28. The Morgan fingerprint density at radius 2 is 1.69 bits per heavy atom. The van der Waals surface area contributed by atoms with Crippen molar-refractivity contribution in [1.82, 2.24) is 9.80 Å². The summed E-state index contributed by atoms with van der Waals surface area (Å²) in [6.45, 7) is 3.35. The second-order valence-corrected chi connectivity index (χ2v) is 9.72. The fraction of sp³-hybridized carbons (Fsp3) is 0.500. The number of rotatable bonds is 5. The van der Waals surface area contributed by atoms with Crippen molar-refractivity contribution in [3.05, 3.63) is 52.9 Å². The molecule has 2 aliphatic rings. The number of halogens is 1.